The molecule has 0 heterocycles. The number of primary amides is 1. The molecule has 1 aromatic rings. The van der Waals surface area contributed by atoms with E-state index in [-0.39, 0.29) is 24.0 Å². The quantitative estimate of drug-likeness (QED) is 0.386. The van der Waals surface area contributed by atoms with E-state index in [0.29, 0.717) is 12.1 Å². The average molecular weight is 402 g/mol. The Hall–Kier alpha value is -1.31. The van der Waals surface area contributed by atoms with Crippen molar-refractivity contribution < 1.29 is 4.79 Å². The van der Waals surface area contributed by atoms with Crippen LogP contribution in [0, 0.1) is 5.92 Å². The van der Waals surface area contributed by atoms with Crippen LogP contribution in [0.2, 0.25) is 0 Å². The van der Waals surface area contributed by atoms with Gasteiger partial charge in [-0.2, -0.15) is 0 Å². The van der Waals surface area contributed by atoms with Crippen molar-refractivity contribution in [3.63, 3.8) is 0 Å². The number of nitrogens with two attached hydrogens (primary N) is 1. The summed E-state index contributed by atoms with van der Waals surface area (Å²) in [7, 11) is 0. The minimum absolute atomic E-state index is 0. The molecule has 0 atom stereocenters. The van der Waals surface area contributed by atoms with Crippen LogP contribution in [0.5, 0.6) is 0 Å². The van der Waals surface area contributed by atoms with Gasteiger partial charge in [-0.15, -0.1) is 24.0 Å². The summed E-state index contributed by atoms with van der Waals surface area (Å²) >= 11 is 0. The molecule has 0 radical (unpaired) electrons. The third kappa shape index (κ3) is 6.33. The van der Waals surface area contributed by atoms with Gasteiger partial charge in [0.05, 0.1) is 6.54 Å². The fraction of sp³-hybridized carbons (Fsp3) is 0.467. The zero-order chi connectivity index (χ0) is 14.4. The standard InChI is InChI=1S/C15H22N4O.HI/c1-2-17-15(18-9-11-3-4-11)19-10-12-5-7-13(8-6-12)14(16)20;/h5-8,11H,2-4,9-10H2,1H3,(H2,16,20)(H2,17,18,19);1H. The van der Waals surface area contributed by atoms with Crippen LogP contribution in [-0.4, -0.2) is 25.0 Å². The molecule has 1 saturated carbocycles. The third-order valence-electron chi connectivity index (χ3n) is 3.26. The van der Waals surface area contributed by atoms with Gasteiger partial charge in [-0.05, 0) is 43.4 Å². The second-order valence-corrected chi connectivity index (χ2v) is 5.08. The van der Waals surface area contributed by atoms with Gasteiger partial charge in [-0.25, -0.2) is 4.99 Å². The fourth-order valence-corrected chi connectivity index (χ4v) is 1.85. The fourth-order valence-electron chi connectivity index (χ4n) is 1.85. The summed E-state index contributed by atoms with van der Waals surface area (Å²) in [6.45, 7) is 4.47. The second kappa shape index (κ2) is 8.86. The lowest BCUT2D eigenvalue weighted by atomic mass is 10.1. The van der Waals surface area contributed by atoms with Crippen LogP contribution in [0.4, 0.5) is 0 Å². The highest BCUT2D eigenvalue weighted by Crippen LogP contribution is 2.27. The van der Waals surface area contributed by atoms with Crippen LogP contribution in [0.3, 0.4) is 0 Å². The van der Waals surface area contributed by atoms with Crippen LogP contribution in [0.25, 0.3) is 0 Å². The summed E-state index contributed by atoms with van der Waals surface area (Å²) in [5.74, 6) is 1.26. The predicted molar refractivity (Wildman–Crippen MR) is 95.9 cm³/mol. The van der Waals surface area contributed by atoms with Gasteiger partial charge in [0.2, 0.25) is 5.91 Å². The average Bonchev–Trinajstić information content (AvgIpc) is 3.26. The van der Waals surface area contributed by atoms with Crippen LogP contribution in [0.15, 0.2) is 29.3 Å². The van der Waals surface area contributed by atoms with Gasteiger partial charge in [-0.1, -0.05) is 12.1 Å². The summed E-state index contributed by atoms with van der Waals surface area (Å²) in [6.07, 6.45) is 2.64. The number of halogens is 1. The summed E-state index contributed by atoms with van der Waals surface area (Å²) in [5.41, 5.74) is 6.79. The van der Waals surface area contributed by atoms with Crippen molar-refractivity contribution in [2.45, 2.75) is 26.3 Å². The zero-order valence-corrected chi connectivity index (χ0v) is 14.6. The van der Waals surface area contributed by atoms with Gasteiger partial charge in [0.1, 0.15) is 0 Å². The summed E-state index contributed by atoms with van der Waals surface area (Å²) in [4.78, 5) is 15.5. The molecule has 21 heavy (non-hydrogen) atoms. The van der Waals surface area contributed by atoms with Gasteiger partial charge in [0, 0.05) is 18.7 Å². The molecule has 0 bridgehead atoms. The van der Waals surface area contributed by atoms with E-state index in [1.807, 2.05) is 12.1 Å². The number of hydrogen-bond donors (Lipinski definition) is 3. The van der Waals surface area contributed by atoms with Gasteiger partial charge in [0.15, 0.2) is 5.96 Å². The lowest BCUT2D eigenvalue weighted by molar-refractivity contribution is 0.100. The van der Waals surface area contributed by atoms with Crippen molar-refractivity contribution in [2.75, 3.05) is 13.1 Å². The number of guanidine groups is 1. The number of carbonyl (C=O) groups is 1. The highest BCUT2D eigenvalue weighted by Gasteiger charge is 2.20. The van der Waals surface area contributed by atoms with Gasteiger partial charge >= 0.3 is 0 Å². The van der Waals surface area contributed by atoms with Gasteiger partial charge < -0.3 is 16.4 Å². The smallest absolute Gasteiger partial charge is 0.248 e. The van der Waals surface area contributed by atoms with E-state index in [1.165, 1.54) is 12.8 Å². The number of nitrogens with zero attached hydrogens (tertiary/aromatic N) is 1. The van der Waals surface area contributed by atoms with Crippen LogP contribution < -0.4 is 16.4 Å². The molecule has 0 unspecified atom stereocenters. The SMILES string of the molecule is CCNC(=NCc1ccc(C(N)=O)cc1)NCC1CC1.I. The van der Waals surface area contributed by atoms with Crippen molar-refractivity contribution in [2.24, 2.45) is 16.6 Å². The second-order valence-electron chi connectivity index (χ2n) is 5.08. The molecular weight excluding hydrogens is 379 g/mol. The molecule has 116 valence electrons. The lowest BCUT2D eigenvalue weighted by Crippen LogP contribution is -2.38. The minimum Gasteiger partial charge on any atom is -0.366 e. The molecule has 1 fully saturated rings. The molecule has 0 aliphatic heterocycles. The van der Waals surface area contributed by atoms with E-state index in [1.54, 1.807) is 12.1 Å². The van der Waals surface area contributed by atoms with E-state index in [2.05, 4.69) is 22.5 Å². The van der Waals surface area contributed by atoms with Crippen LogP contribution in [0.1, 0.15) is 35.7 Å². The van der Waals surface area contributed by atoms with Crippen LogP contribution in [-0.2, 0) is 6.54 Å². The van der Waals surface area contributed by atoms with E-state index in [9.17, 15) is 4.79 Å². The monoisotopic (exact) mass is 402 g/mol. The highest BCUT2D eigenvalue weighted by molar-refractivity contribution is 14.0. The Labute approximate surface area is 142 Å². The number of nitrogens with one attached hydrogen (secondary N) is 2. The molecule has 0 saturated heterocycles. The van der Waals surface area contributed by atoms with E-state index < -0.39 is 5.91 Å². The molecule has 1 amide bonds. The first-order valence-corrected chi connectivity index (χ1v) is 7.10. The predicted octanol–water partition coefficient (Wildman–Crippen LogP) is 1.87. The van der Waals surface area contributed by atoms with Crippen molar-refractivity contribution in [1.29, 1.82) is 0 Å². The maximum Gasteiger partial charge on any atom is 0.248 e. The Balaban J connectivity index is 0.00000220. The van der Waals surface area contributed by atoms with Crippen molar-refractivity contribution in [3.05, 3.63) is 35.4 Å². The van der Waals surface area contributed by atoms with Crippen molar-refractivity contribution in [3.8, 4) is 0 Å². The largest absolute Gasteiger partial charge is 0.366 e. The minimum atomic E-state index is -0.403. The van der Waals surface area contributed by atoms with Crippen molar-refractivity contribution in [1.82, 2.24) is 10.6 Å². The number of aliphatic imine (C=N–C) groups is 1. The summed E-state index contributed by atoms with van der Waals surface area (Å²) in [5, 5.41) is 6.58. The van der Waals surface area contributed by atoms with Crippen LogP contribution >= 0.6 is 24.0 Å². The van der Waals surface area contributed by atoms with E-state index >= 15 is 0 Å². The first-order valence-electron chi connectivity index (χ1n) is 7.10. The van der Waals surface area contributed by atoms with Gasteiger partial charge in [0.25, 0.3) is 0 Å². The molecule has 0 spiro atoms. The Kier molecular flexibility index (Phi) is 7.49. The van der Waals surface area contributed by atoms with E-state index in [0.717, 1.165) is 30.5 Å². The first kappa shape index (κ1) is 17.7. The molecule has 0 aromatic heterocycles. The Bertz CT molecular complexity index is 483. The number of amides is 1. The normalized spacial score (nSPS) is 14.2. The topological polar surface area (TPSA) is 79.5 Å². The molecular formula is C15H23IN4O. The number of rotatable bonds is 6. The maximum atomic E-state index is 11.0. The first-order chi connectivity index (χ1) is 9.69. The molecule has 1 aliphatic rings. The highest BCUT2D eigenvalue weighted by atomic mass is 127. The Morgan fingerprint density at radius 2 is 1.95 bits per heavy atom. The molecule has 6 heteroatoms. The lowest BCUT2D eigenvalue weighted by Gasteiger charge is -2.10. The molecule has 1 aliphatic carbocycles. The molecule has 2 rings (SSSR count). The number of carbonyl (C=O) groups excluding carboxylic acids is 1. The Morgan fingerprint density at radius 3 is 2.48 bits per heavy atom. The molecule has 1 aromatic carbocycles. The number of benzene rings is 1. The Morgan fingerprint density at radius 1 is 1.29 bits per heavy atom. The van der Waals surface area contributed by atoms with E-state index in [4.69, 9.17) is 5.73 Å². The number of hydrogen-bond acceptors (Lipinski definition) is 2. The van der Waals surface area contributed by atoms with Gasteiger partial charge in [-0.3, -0.25) is 4.79 Å². The molecule has 4 N–H and O–H groups in total. The summed E-state index contributed by atoms with van der Waals surface area (Å²) < 4.78 is 0. The third-order valence-corrected chi connectivity index (χ3v) is 3.26. The maximum absolute atomic E-state index is 11.0. The van der Waals surface area contributed by atoms with Crippen molar-refractivity contribution >= 4 is 35.8 Å². The summed E-state index contributed by atoms with van der Waals surface area (Å²) in [6, 6.07) is 7.23. The zero-order valence-electron chi connectivity index (χ0n) is 12.3. The molecule has 5 nitrogen and oxygen atoms in total.